The molecule has 0 aliphatic carbocycles. The number of methoxy groups -OCH3 is 1. The van der Waals surface area contributed by atoms with Crippen LogP contribution in [-0.2, 0) is 9.53 Å². The zero-order chi connectivity index (χ0) is 14.8. The molecule has 0 aromatic carbocycles. The molecule has 3 N–H and O–H groups in total. The van der Waals surface area contributed by atoms with Gasteiger partial charge in [0.1, 0.15) is 0 Å². The summed E-state index contributed by atoms with van der Waals surface area (Å²) in [5.41, 5.74) is -0.379. The van der Waals surface area contributed by atoms with Crippen LogP contribution in [0, 0.1) is 11.3 Å². The maximum atomic E-state index is 12.5. The average molecular weight is 286 g/mol. The van der Waals surface area contributed by atoms with Gasteiger partial charge in [-0.3, -0.25) is 4.79 Å². The van der Waals surface area contributed by atoms with Gasteiger partial charge in [0.25, 0.3) is 0 Å². The second-order valence-corrected chi connectivity index (χ2v) is 5.84. The number of aliphatic hydroxyl groups is 1. The summed E-state index contributed by atoms with van der Waals surface area (Å²) < 4.78 is 5.28. The van der Waals surface area contributed by atoms with Crippen molar-refractivity contribution >= 4 is 5.91 Å². The van der Waals surface area contributed by atoms with Crippen LogP contribution in [0.4, 0.5) is 0 Å². The lowest BCUT2D eigenvalue weighted by Crippen LogP contribution is -2.50. The molecule has 1 unspecified atom stereocenters. The molecule has 1 aliphatic heterocycles. The van der Waals surface area contributed by atoms with Crippen molar-refractivity contribution in [3.05, 3.63) is 0 Å². The van der Waals surface area contributed by atoms with Crippen LogP contribution < -0.4 is 10.6 Å². The van der Waals surface area contributed by atoms with Crippen molar-refractivity contribution in [3.63, 3.8) is 0 Å². The maximum Gasteiger partial charge on any atom is 0.228 e. The van der Waals surface area contributed by atoms with Crippen molar-refractivity contribution in [2.75, 3.05) is 40.0 Å². The zero-order valence-corrected chi connectivity index (χ0v) is 12.9. The summed E-state index contributed by atoms with van der Waals surface area (Å²) >= 11 is 0. The first-order valence-electron chi connectivity index (χ1n) is 7.77. The van der Waals surface area contributed by atoms with Crippen molar-refractivity contribution in [3.8, 4) is 0 Å². The highest BCUT2D eigenvalue weighted by Crippen LogP contribution is 2.29. The van der Waals surface area contributed by atoms with Gasteiger partial charge in [0.15, 0.2) is 0 Å². The van der Waals surface area contributed by atoms with Gasteiger partial charge >= 0.3 is 0 Å². The number of amides is 1. The Balaban J connectivity index is 2.52. The summed E-state index contributed by atoms with van der Waals surface area (Å²) in [7, 11) is 1.66. The molecule has 0 aromatic rings. The standard InChI is InChI=1S/C15H30N2O3/c1-3-4-13(5-10-18)11-17-14(19)15(12-20-2)6-8-16-9-7-15/h13,16,18H,3-12H2,1-2H3,(H,17,19). The predicted molar refractivity (Wildman–Crippen MR) is 79.5 cm³/mol. The molecule has 0 spiro atoms. The van der Waals surface area contributed by atoms with E-state index in [4.69, 9.17) is 9.84 Å². The van der Waals surface area contributed by atoms with E-state index in [1.807, 2.05) is 0 Å². The number of carbonyl (C=O) groups is 1. The first-order valence-corrected chi connectivity index (χ1v) is 7.77. The number of hydrogen-bond donors (Lipinski definition) is 3. The Morgan fingerprint density at radius 2 is 2.10 bits per heavy atom. The molecule has 0 radical (unpaired) electrons. The fourth-order valence-corrected chi connectivity index (χ4v) is 2.98. The first-order chi connectivity index (χ1) is 9.68. The number of ether oxygens (including phenoxy) is 1. The minimum Gasteiger partial charge on any atom is -0.396 e. The highest BCUT2D eigenvalue weighted by Gasteiger charge is 2.39. The summed E-state index contributed by atoms with van der Waals surface area (Å²) in [5, 5.41) is 15.5. The number of nitrogens with one attached hydrogen (secondary N) is 2. The molecule has 20 heavy (non-hydrogen) atoms. The molecule has 1 fully saturated rings. The molecule has 0 bridgehead atoms. The smallest absolute Gasteiger partial charge is 0.228 e. The van der Waals surface area contributed by atoms with E-state index in [0.717, 1.165) is 45.2 Å². The summed E-state index contributed by atoms with van der Waals surface area (Å²) in [6.45, 7) is 5.20. The molecule has 5 heteroatoms. The molecular formula is C15H30N2O3. The number of carbonyl (C=O) groups excluding carboxylic acids is 1. The fraction of sp³-hybridized carbons (Fsp3) is 0.933. The molecule has 1 atom stereocenters. The molecule has 1 saturated heterocycles. The van der Waals surface area contributed by atoms with Gasteiger partial charge in [-0.1, -0.05) is 13.3 Å². The van der Waals surface area contributed by atoms with Crippen LogP contribution in [0.15, 0.2) is 0 Å². The normalized spacial score (nSPS) is 19.6. The number of rotatable bonds is 9. The third-order valence-electron chi connectivity index (χ3n) is 4.25. The van der Waals surface area contributed by atoms with Gasteiger partial charge < -0.3 is 20.5 Å². The third kappa shape index (κ3) is 5.04. The predicted octanol–water partition coefficient (Wildman–Crippen LogP) is 0.918. The minimum absolute atomic E-state index is 0.111. The van der Waals surface area contributed by atoms with Crippen molar-refractivity contribution < 1.29 is 14.6 Å². The Morgan fingerprint density at radius 3 is 2.65 bits per heavy atom. The SMILES string of the molecule is CCCC(CCO)CNC(=O)C1(COC)CCNCC1. The number of piperidine rings is 1. The maximum absolute atomic E-state index is 12.5. The average Bonchev–Trinajstić information content (AvgIpc) is 2.46. The lowest BCUT2D eigenvalue weighted by Gasteiger charge is -2.36. The Morgan fingerprint density at radius 1 is 1.40 bits per heavy atom. The van der Waals surface area contributed by atoms with E-state index in [2.05, 4.69) is 17.6 Å². The quantitative estimate of drug-likeness (QED) is 0.589. The van der Waals surface area contributed by atoms with Gasteiger partial charge in [0.05, 0.1) is 12.0 Å². The second kappa shape index (κ2) is 9.32. The van der Waals surface area contributed by atoms with Crippen LogP contribution in [0.1, 0.15) is 39.0 Å². The van der Waals surface area contributed by atoms with E-state index in [9.17, 15) is 4.79 Å². The van der Waals surface area contributed by atoms with Gasteiger partial charge in [-0.25, -0.2) is 0 Å². The van der Waals surface area contributed by atoms with Crippen LogP contribution >= 0.6 is 0 Å². The lowest BCUT2D eigenvalue weighted by atomic mass is 9.78. The Bertz CT molecular complexity index is 267. The highest BCUT2D eigenvalue weighted by molar-refractivity contribution is 5.83. The van der Waals surface area contributed by atoms with Gasteiger partial charge in [-0.15, -0.1) is 0 Å². The molecule has 0 aromatic heterocycles. The first kappa shape index (κ1) is 17.4. The van der Waals surface area contributed by atoms with E-state index in [0.29, 0.717) is 19.1 Å². The van der Waals surface area contributed by atoms with Crippen molar-refractivity contribution in [2.24, 2.45) is 11.3 Å². The number of aliphatic hydroxyl groups excluding tert-OH is 1. The Hall–Kier alpha value is -0.650. The minimum atomic E-state index is -0.379. The molecule has 0 saturated carbocycles. The van der Waals surface area contributed by atoms with E-state index in [1.165, 1.54) is 0 Å². The van der Waals surface area contributed by atoms with Gasteiger partial charge in [-0.05, 0) is 44.7 Å². The second-order valence-electron chi connectivity index (χ2n) is 5.84. The van der Waals surface area contributed by atoms with E-state index < -0.39 is 0 Å². The van der Waals surface area contributed by atoms with E-state index in [1.54, 1.807) is 7.11 Å². The zero-order valence-electron chi connectivity index (χ0n) is 12.9. The third-order valence-corrected chi connectivity index (χ3v) is 4.25. The summed E-state index contributed by atoms with van der Waals surface area (Å²) in [6, 6.07) is 0. The number of hydrogen-bond acceptors (Lipinski definition) is 4. The lowest BCUT2D eigenvalue weighted by molar-refractivity contribution is -0.136. The van der Waals surface area contributed by atoms with Crippen LogP contribution in [0.5, 0.6) is 0 Å². The molecule has 1 heterocycles. The summed E-state index contributed by atoms with van der Waals surface area (Å²) in [4.78, 5) is 12.5. The van der Waals surface area contributed by atoms with Crippen LogP contribution in [0.2, 0.25) is 0 Å². The topological polar surface area (TPSA) is 70.6 Å². The van der Waals surface area contributed by atoms with Crippen LogP contribution in [-0.4, -0.2) is 51.0 Å². The van der Waals surface area contributed by atoms with Crippen LogP contribution in [0.25, 0.3) is 0 Å². The van der Waals surface area contributed by atoms with Crippen molar-refractivity contribution in [1.82, 2.24) is 10.6 Å². The Kier molecular flexibility index (Phi) is 8.11. The molecule has 1 amide bonds. The largest absolute Gasteiger partial charge is 0.396 e. The fourth-order valence-electron chi connectivity index (χ4n) is 2.98. The highest BCUT2D eigenvalue weighted by atomic mass is 16.5. The molecule has 5 nitrogen and oxygen atoms in total. The van der Waals surface area contributed by atoms with Crippen molar-refractivity contribution in [1.29, 1.82) is 0 Å². The monoisotopic (exact) mass is 286 g/mol. The van der Waals surface area contributed by atoms with Gasteiger partial charge in [0.2, 0.25) is 5.91 Å². The van der Waals surface area contributed by atoms with Gasteiger partial charge in [-0.2, -0.15) is 0 Å². The molecule has 118 valence electrons. The van der Waals surface area contributed by atoms with E-state index >= 15 is 0 Å². The summed E-state index contributed by atoms with van der Waals surface area (Å²) in [5.74, 6) is 0.482. The summed E-state index contributed by atoms with van der Waals surface area (Å²) in [6.07, 6.45) is 4.52. The van der Waals surface area contributed by atoms with Gasteiger partial charge in [0, 0.05) is 20.3 Å². The van der Waals surface area contributed by atoms with E-state index in [-0.39, 0.29) is 17.9 Å². The molecule has 1 rings (SSSR count). The Labute approximate surface area is 122 Å². The molecular weight excluding hydrogens is 256 g/mol. The van der Waals surface area contributed by atoms with Crippen LogP contribution in [0.3, 0.4) is 0 Å². The molecule has 1 aliphatic rings. The van der Waals surface area contributed by atoms with Crippen molar-refractivity contribution in [2.45, 2.75) is 39.0 Å².